The van der Waals surface area contributed by atoms with Crippen molar-refractivity contribution in [2.45, 2.75) is 52.5 Å². The van der Waals surface area contributed by atoms with Crippen LogP contribution in [-0.2, 0) is 6.54 Å². The van der Waals surface area contributed by atoms with Crippen molar-refractivity contribution in [1.29, 1.82) is 0 Å². The van der Waals surface area contributed by atoms with E-state index in [1.807, 2.05) is 6.07 Å². The van der Waals surface area contributed by atoms with Crippen LogP contribution in [0.25, 0.3) is 5.65 Å². The molecule has 0 amide bonds. The Bertz CT molecular complexity index is 587. The van der Waals surface area contributed by atoms with Crippen molar-refractivity contribution < 1.29 is 0 Å². The number of hydrogen-bond donors (Lipinski definition) is 1. The van der Waals surface area contributed by atoms with Crippen LogP contribution in [0.4, 0.5) is 0 Å². The second kappa shape index (κ2) is 6.61. The number of hydrogen-bond acceptors (Lipinski definition) is 2. The average molecular weight is 285 g/mol. The fourth-order valence-electron chi connectivity index (χ4n) is 3.71. The number of nitrogens with one attached hydrogen (secondary N) is 1. The molecule has 0 bridgehead atoms. The summed E-state index contributed by atoms with van der Waals surface area (Å²) in [6.45, 7) is 6.55. The number of rotatable bonds is 5. The minimum Gasteiger partial charge on any atom is -0.311 e. The zero-order valence-corrected chi connectivity index (χ0v) is 13.3. The molecule has 21 heavy (non-hydrogen) atoms. The second-order valence-electron chi connectivity index (χ2n) is 6.68. The third kappa shape index (κ3) is 3.46. The summed E-state index contributed by atoms with van der Waals surface area (Å²) >= 11 is 0. The maximum Gasteiger partial charge on any atom is 0.137 e. The lowest BCUT2D eigenvalue weighted by molar-refractivity contribution is 0.267. The van der Waals surface area contributed by atoms with Gasteiger partial charge in [0.2, 0.25) is 0 Å². The van der Waals surface area contributed by atoms with E-state index in [-0.39, 0.29) is 0 Å². The van der Waals surface area contributed by atoms with Crippen LogP contribution in [-0.4, -0.2) is 15.9 Å². The maximum atomic E-state index is 4.61. The van der Waals surface area contributed by atoms with Gasteiger partial charge in [0, 0.05) is 12.7 Å². The molecule has 0 aliphatic heterocycles. The van der Waals surface area contributed by atoms with Gasteiger partial charge in [-0.15, -0.1) is 0 Å². The van der Waals surface area contributed by atoms with Crippen LogP contribution in [0.3, 0.4) is 0 Å². The van der Waals surface area contributed by atoms with Gasteiger partial charge in [-0.05, 0) is 50.3 Å². The van der Waals surface area contributed by atoms with E-state index >= 15 is 0 Å². The number of nitrogens with zero attached hydrogens (tertiary/aromatic N) is 2. The number of imidazole rings is 1. The molecule has 2 heterocycles. The van der Waals surface area contributed by atoms with Crippen LogP contribution >= 0.6 is 0 Å². The Labute approximate surface area is 127 Å². The van der Waals surface area contributed by atoms with E-state index in [0.29, 0.717) is 0 Å². The average Bonchev–Trinajstić information content (AvgIpc) is 2.79. The summed E-state index contributed by atoms with van der Waals surface area (Å²) in [6.07, 6.45) is 9.15. The molecule has 2 aromatic heterocycles. The van der Waals surface area contributed by atoms with Gasteiger partial charge in [-0.3, -0.25) is 0 Å². The molecule has 1 fully saturated rings. The van der Waals surface area contributed by atoms with E-state index in [4.69, 9.17) is 0 Å². The molecule has 1 N–H and O–H groups in total. The molecule has 0 saturated heterocycles. The Morgan fingerprint density at radius 2 is 2.24 bits per heavy atom. The summed E-state index contributed by atoms with van der Waals surface area (Å²) in [5.41, 5.74) is 3.48. The van der Waals surface area contributed by atoms with Crippen molar-refractivity contribution >= 4 is 5.65 Å². The predicted octanol–water partition coefficient (Wildman–Crippen LogP) is 3.95. The molecule has 1 saturated carbocycles. The van der Waals surface area contributed by atoms with Gasteiger partial charge in [-0.25, -0.2) is 4.98 Å². The minimum absolute atomic E-state index is 0.916. The van der Waals surface area contributed by atoms with E-state index in [1.54, 1.807) is 0 Å². The Kier molecular flexibility index (Phi) is 4.59. The molecule has 2 atom stereocenters. The predicted molar refractivity (Wildman–Crippen MR) is 87.4 cm³/mol. The standard InChI is InChI=1S/C18H27N3/c1-14-6-5-7-16(12-14)9-10-19-13-17-15(2)20-18-8-3-4-11-21(17)18/h3-4,8,11,14,16,19H,5-7,9-10,12-13H2,1-2H3. The molecular formula is C18H27N3. The first-order valence-electron chi connectivity index (χ1n) is 8.37. The first-order valence-corrected chi connectivity index (χ1v) is 8.37. The quantitative estimate of drug-likeness (QED) is 0.843. The van der Waals surface area contributed by atoms with Gasteiger partial charge in [0.05, 0.1) is 11.4 Å². The smallest absolute Gasteiger partial charge is 0.137 e. The highest BCUT2D eigenvalue weighted by Gasteiger charge is 2.18. The fourth-order valence-corrected chi connectivity index (χ4v) is 3.71. The highest BCUT2D eigenvalue weighted by molar-refractivity contribution is 5.42. The molecule has 114 valence electrons. The van der Waals surface area contributed by atoms with Gasteiger partial charge in [0.25, 0.3) is 0 Å². The summed E-state index contributed by atoms with van der Waals surface area (Å²) in [7, 11) is 0. The Morgan fingerprint density at radius 1 is 1.33 bits per heavy atom. The summed E-state index contributed by atoms with van der Waals surface area (Å²) in [6, 6.07) is 6.18. The van der Waals surface area contributed by atoms with Gasteiger partial charge in [0.15, 0.2) is 0 Å². The number of fused-ring (bicyclic) bond motifs is 1. The molecule has 2 aromatic rings. The highest BCUT2D eigenvalue weighted by atomic mass is 15.0. The molecule has 0 spiro atoms. The van der Waals surface area contributed by atoms with Crippen LogP contribution in [0.15, 0.2) is 24.4 Å². The first kappa shape index (κ1) is 14.6. The van der Waals surface area contributed by atoms with Gasteiger partial charge < -0.3 is 9.72 Å². The zero-order chi connectivity index (χ0) is 14.7. The van der Waals surface area contributed by atoms with Gasteiger partial charge in [0.1, 0.15) is 5.65 Å². The summed E-state index contributed by atoms with van der Waals surface area (Å²) in [5, 5.41) is 3.62. The van der Waals surface area contributed by atoms with E-state index in [9.17, 15) is 0 Å². The van der Waals surface area contributed by atoms with Gasteiger partial charge in [-0.1, -0.05) is 32.3 Å². The third-order valence-electron chi connectivity index (χ3n) is 4.90. The van der Waals surface area contributed by atoms with Crippen LogP contribution in [0.5, 0.6) is 0 Å². The first-order chi connectivity index (χ1) is 10.2. The molecular weight excluding hydrogens is 258 g/mol. The van der Waals surface area contributed by atoms with Gasteiger partial charge in [-0.2, -0.15) is 0 Å². The van der Waals surface area contributed by atoms with Crippen molar-refractivity contribution in [2.24, 2.45) is 11.8 Å². The topological polar surface area (TPSA) is 29.3 Å². The van der Waals surface area contributed by atoms with Crippen LogP contribution in [0, 0.1) is 18.8 Å². The summed E-state index contributed by atoms with van der Waals surface area (Å²) < 4.78 is 2.20. The van der Waals surface area contributed by atoms with Crippen molar-refractivity contribution in [3.8, 4) is 0 Å². The van der Waals surface area contributed by atoms with Gasteiger partial charge >= 0.3 is 0 Å². The minimum atomic E-state index is 0.916. The molecule has 0 radical (unpaired) electrons. The summed E-state index contributed by atoms with van der Waals surface area (Å²) in [5.74, 6) is 1.87. The van der Waals surface area contributed by atoms with Crippen LogP contribution in [0.2, 0.25) is 0 Å². The Balaban J connectivity index is 1.51. The summed E-state index contributed by atoms with van der Waals surface area (Å²) in [4.78, 5) is 4.61. The van der Waals surface area contributed by atoms with Crippen molar-refractivity contribution in [3.63, 3.8) is 0 Å². The SMILES string of the molecule is Cc1nc2ccccn2c1CNCCC1CCCC(C)C1. The monoisotopic (exact) mass is 285 g/mol. The van der Waals surface area contributed by atoms with E-state index in [0.717, 1.165) is 36.3 Å². The van der Waals surface area contributed by atoms with Crippen molar-refractivity contribution in [3.05, 3.63) is 35.8 Å². The molecule has 1 aliphatic carbocycles. The normalized spacial score (nSPS) is 22.8. The number of pyridine rings is 1. The molecule has 3 rings (SSSR count). The molecule has 2 unspecified atom stereocenters. The van der Waals surface area contributed by atoms with Crippen LogP contribution < -0.4 is 5.32 Å². The lowest BCUT2D eigenvalue weighted by atomic mass is 9.81. The van der Waals surface area contributed by atoms with Crippen LogP contribution in [0.1, 0.15) is 50.4 Å². The molecule has 3 heteroatoms. The Hall–Kier alpha value is -1.35. The number of aryl methyl sites for hydroxylation is 1. The van der Waals surface area contributed by atoms with E-state index in [1.165, 1.54) is 37.8 Å². The van der Waals surface area contributed by atoms with E-state index < -0.39 is 0 Å². The zero-order valence-electron chi connectivity index (χ0n) is 13.3. The number of aromatic nitrogens is 2. The van der Waals surface area contributed by atoms with E-state index in [2.05, 4.69) is 46.9 Å². The fraction of sp³-hybridized carbons (Fsp3) is 0.611. The highest BCUT2D eigenvalue weighted by Crippen LogP contribution is 2.30. The molecule has 0 aromatic carbocycles. The third-order valence-corrected chi connectivity index (χ3v) is 4.90. The molecule has 3 nitrogen and oxygen atoms in total. The largest absolute Gasteiger partial charge is 0.311 e. The second-order valence-corrected chi connectivity index (χ2v) is 6.68. The van der Waals surface area contributed by atoms with Crippen molar-refractivity contribution in [2.75, 3.05) is 6.54 Å². The lowest BCUT2D eigenvalue weighted by Gasteiger charge is -2.26. The Morgan fingerprint density at radius 3 is 3.10 bits per heavy atom. The van der Waals surface area contributed by atoms with Crippen molar-refractivity contribution in [1.82, 2.24) is 14.7 Å². The molecule has 1 aliphatic rings. The lowest BCUT2D eigenvalue weighted by Crippen LogP contribution is -2.21. The maximum absolute atomic E-state index is 4.61.